The molecular weight excluding hydrogens is 286 g/mol. The van der Waals surface area contributed by atoms with Crippen molar-refractivity contribution in [1.29, 1.82) is 0 Å². The lowest BCUT2D eigenvalue weighted by Crippen LogP contribution is -2.39. The Balaban J connectivity index is 1.84. The van der Waals surface area contributed by atoms with Gasteiger partial charge >= 0.3 is 0 Å². The van der Waals surface area contributed by atoms with Crippen molar-refractivity contribution < 1.29 is 9.53 Å². The molecule has 0 saturated heterocycles. The summed E-state index contributed by atoms with van der Waals surface area (Å²) in [5.41, 5.74) is 1.12. The fourth-order valence-corrected chi connectivity index (χ4v) is 3.11. The van der Waals surface area contributed by atoms with Crippen LogP contribution in [-0.4, -0.2) is 24.9 Å². The summed E-state index contributed by atoms with van der Waals surface area (Å²) in [4.78, 5) is 12.3. The van der Waals surface area contributed by atoms with Gasteiger partial charge in [0.15, 0.2) is 0 Å². The molecule has 1 amide bonds. The molecule has 3 nitrogen and oxygen atoms in total. The van der Waals surface area contributed by atoms with Crippen LogP contribution in [0.3, 0.4) is 0 Å². The SMILES string of the molecule is CCCC(CCCl)CNC(=O)C1COc2ccccc2C1. The first kappa shape index (κ1) is 16.2. The van der Waals surface area contributed by atoms with Crippen molar-refractivity contribution in [3.05, 3.63) is 29.8 Å². The van der Waals surface area contributed by atoms with Gasteiger partial charge in [0.05, 0.1) is 5.92 Å². The minimum absolute atomic E-state index is 0.0850. The predicted octanol–water partition coefficient (Wildman–Crippen LogP) is 3.40. The van der Waals surface area contributed by atoms with Crippen LogP contribution in [0, 0.1) is 11.8 Å². The van der Waals surface area contributed by atoms with E-state index < -0.39 is 0 Å². The highest BCUT2D eigenvalue weighted by Crippen LogP contribution is 2.26. The number of benzene rings is 1. The molecule has 2 rings (SSSR count). The first-order valence-electron chi connectivity index (χ1n) is 7.79. The van der Waals surface area contributed by atoms with E-state index in [2.05, 4.69) is 12.2 Å². The first-order valence-corrected chi connectivity index (χ1v) is 8.32. The fraction of sp³-hybridized carbons (Fsp3) is 0.588. The molecule has 0 aromatic heterocycles. The highest BCUT2D eigenvalue weighted by atomic mass is 35.5. The summed E-state index contributed by atoms with van der Waals surface area (Å²) >= 11 is 5.82. The minimum atomic E-state index is -0.0850. The molecule has 1 N–H and O–H groups in total. The summed E-state index contributed by atoms with van der Waals surface area (Å²) in [5, 5.41) is 3.08. The number of alkyl halides is 1. The molecule has 2 unspecified atom stereocenters. The van der Waals surface area contributed by atoms with Crippen molar-refractivity contribution in [2.45, 2.75) is 32.6 Å². The van der Waals surface area contributed by atoms with E-state index >= 15 is 0 Å². The average Bonchev–Trinajstić information content (AvgIpc) is 2.52. The van der Waals surface area contributed by atoms with Crippen LogP contribution in [0.15, 0.2) is 24.3 Å². The van der Waals surface area contributed by atoms with E-state index in [0.29, 0.717) is 18.4 Å². The third-order valence-corrected chi connectivity index (χ3v) is 4.25. The molecule has 0 bridgehead atoms. The molecule has 0 aliphatic carbocycles. The second-order valence-corrected chi connectivity index (χ2v) is 6.08. The Morgan fingerprint density at radius 1 is 1.43 bits per heavy atom. The van der Waals surface area contributed by atoms with Crippen molar-refractivity contribution in [1.82, 2.24) is 5.32 Å². The number of amides is 1. The molecule has 2 atom stereocenters. The zero-order valence-corrected chi connectivity index (χ0v) is 13.4. The Kier molecular flexibility index (Phi) is 6.37. The van der Waals surface area contributed by atoms with Gasteiger partial charge in [0.1, 0.15) is 12.4 Å². The molecule has 1 aliphatic heterocycles. The zero-order valence-electron chi connectivity index (χ0n) is 12.6. The molecule has 0 saturated carbocycles. The Hall–Kier alpha value is -1.22. The lowest BCUT2D eigenvalue weighted by molar-refractivity contribution is -0.126. The second kappa shape index (κ2) is 8.28. The maximum atomic E-state index is 12.3. The van der Waals surface area contributed by atoms with Gasteiger partial charge < -0.3 is 10.1 Å². The molecule has 0 spiro atoms. The van der Waals surface area contributed by atoms with Gasteiger partial charge in [0.2, 0.25) is 5.91 Å². The van der Waals surface area contributed by atoms with Crippen molar-refractivity contribution in [2.75, 3.05) is 19.0 Å². The van der Waals surface area contributed by atoms with Gasteiger partial charge in [-0.1, -0.05) is 31.5 Å². The molecule has 1 aromatic carbocycles. The number of ether oxygens (including phenoxy) is 1. The highest BCUT2D eigenvalue weighted by molar-refractivity contribution is 6.17. The van der Waals surface area contributed by atoms with E-state index in [1.165, 1.54) is 0 Å². The number of carbonyl (C=O) groups is 1. The van der Waals surface area contributed by atoms with Gasteiger partial charge in [-0.25, -0.2) is 0 Å². The van der Waals surface area contributed by atoms with Crippen LogP contribution in [0.1, 0.15) is 31.7 Å². The number of hydrogen-bond acceptors (Lipinski definition) is 2. The monoisotopic (exact) mass is 309 g/mol. The van der Waals surface area contributed by atoms with Crippen molar-refractivity contribution in [3.63, 3.8) is 0 Å². The van der Waals surface area contributed by atoms with Crippen molar-refractivity contribution >= 4 is 17.5 Å². The van der Waals surface area contributed by atoms with Gasteiger partial charge in [0.25, 0.3) is 0 Å². The van der Waals surface area contributed by atoms with Crippen LogP contribution < -0.4 is 10.1 Å². The molecule has 21 heavy (non-hydrogen) atoms. The van der Waals surface area contributed by atoms with Gasteiger partial charge in [0, 0.05) is 12.4 Å². The van der Waals surface area contributed by atoms with E-state index in [9.17, 15) is 4.79 Å². The average molecular weight is 310 g/mol. The van der Waals surface area contributed by atoms with Crippen LogP contribution in [0.5, 0.6) is 5.75 Å². The Morgan fingerprint density at radius 3 is 3.00 bits per heavy atom. The molecule has 116 valence electrons. The third-order valence-electron chi connectivity index (χ3n) is 4.03. The number of para-hydroxylation sites is 1. The lowest BCUT2D eigenvalue weighted by Gasteiger charge is -2.25. The highest BCUT2D eigenvalue weighted by Gasteiger charge is 2.25. The van der Waals surface area contributed by atoms with Crippen molar-refractivity contribution in [2.24, 2.45) is 11.8 Å². The van der Waals surface area contributed by atoms with Crippen molar-refractivity contribution in [3.8, 4) is 5.75 Å². The molecule has 1 aromatic rings. The second-order valence-electron chi connectivity index (χ2n) is 5.70. The first-order chi connectivity index (χ1) is 10.2. The molecule has 0 fully saturated rings. The number of rotatable bonds is 7. The molecule has 1 heterocycles. The van der Waals surface area contributed by atoms with Gasteiger partial charge in [-0.2, -0.15) is 0 Å². The summed E-state index contributed by atoms with van der Waals surface area (Å²) in [7, 11) is 0. The van der Waals surface area contributed by atoms with Gasteiger partial charge in [-0.3, -0.25) is 4.79 Å². The van der Waals surface area contributed by atoms with E-state index in [1.54, 1.807) is 0 Å². The topological polar surface area (TPSA) is 38.3 Å². The summed E-state index contributed by atoms with van der Waals surface area (Å²) < 4.78 is 5.68. The summed E-state index contributed by atoms with van der Waals surface area (Å²) in [6.45, 7) is 3.35. The number of halogens is 1. The van der Waals surface area contributed by atoms with E-state index in [0.717, 1.165) is 43.5 Å². The van der Waals surface area contributed by atoms with Crippen LogP contribution in [0.4, 0.5) is 0 Å². The Bertz CT molecular complexity index is 458. The number of fused-ring (bicyclic) bond motifs is 1. The maximum Gasteiger partial charge on any atom is 0.226 e. The van der Waals surface area contributed by atoms with Gasteiger partial charge in [-0.15, -0.1) is 11.6 Å². The quantitative estimate of drug-likeness (QED) is 0.784. The normalized spacial score (nSPS) is 18.5. The molecule has 1 aliphatic rings. The minimum Gasteiger partial charge on any atom is -0.492 e. The summed E-state index contributed by atoms with van der Waals surface area (Å²) in [5.74, 6) is 2.06. The van der Waals surface area contributed by atoms with Crippen LogP contribution in [-0.2, 0) is 11.2 Å². The predicted molar refractivity (Wildman–Crippen MR) is 85.9 cm³/mol. The number of carbonyl (C=O) groups excluding carboxylic acids is 1. The van der Waals surface area contributed by atoms with E-state index in [1.807, 2.05) is 24.3 Å². The summed E-state index contributed by atoms with van der Waals surface area (Å²) in [6.07, 6.45) is 3.95. The largest absolute Gasteiger partial charge is 0.492 e. The number of hydrogen-bond donors (Lipinski definition) is 1. The van der Waals surface area contributed by atoms with Crippen LogP contribution in [0.25, 0.3) is 0 Å². The van der Waals surface area contributed by atoms with E-state index in [-0.39, 0.29) is 11.8 Å². The maximum absolute atomic E-state index is 12.3. The Morgan fingerprint density at radius 2 is 2.24 bits per heavy atom. The summed E-state index contributed by atoms with van der Waals surface area (Å²) in [6, 6.07) is 7.93. The smallest absolute Gasteiger partial charge is 0.226 e. The van der Waals surface area contributed by atoms with E-state index in [4.69, 9.17) is 16.3 Å². The molecule has 4 heteroatoms. The van der Waals surface area contributed by atoms with Crippen LogP contribution in [0.2, 0.25) is 0 Å². The molecular formula is C17H24ClNO2. The van der Waals surface area contributed by atoms with Crippen LogP contribution >= 0.6 is 11.6 Å². The van der Waals surface area contributed by atoms with Gasteiger partial charge in [-0.05, 0) is 36.8 Å². The fourth-order valence-electron chi connectivity index (χ4n) is 2.80. The zero-order chi connectivity index (χ0) is 15.1. The standard InChI is InChI=1S/C17H24ClNO2/c1-2-5-13(8-9-18)11-19-17(20)15-10-14-6-3-4-7-16(14)21-12-15/h3-4,6-7,13,15H,2,5,8-12H2,1H3,(H,19,20). The molecule has 0 radical (unpaired) electrons. The number of nitrogens with one attached hydrogen (secondary N) is 1. The third kappa shape index (κ3) is 4.63. The lowest BCUT2D eigenvalue weighted by atomic mass is 9.95. The Labute approximate surface area is 132 Å².